The van der Waals surface area contributed by atoms with Crippen LogP contribution in [0.1, 0.15) is 19.8 Å². The van der Waals surface area contributed by atoms with Crippen LogP contribution in [-0.2, 0) is 4.79 Å². The Kier molecular flexibility index (Phi) is 2.19. The van der Waals surface area contributed by atoms with Gasteiger partial charge in [-0.1, -0.05) is 0 Å². The lowest BCUT2D eigenvalue weighted by molar-refractivity contribution is -0.122. The van der Waals surface area contributed by atoms with E-state index in [4.69, 9.17) is 5.73 Å². The zero-order chi connectivity index (χ0) is 10.2. The van der Waals surface area contributed by atoms with Gasteiger partial charge in [-0.25, -0.2) is 0 Å². The fraction of sp³-hybridized carbons (Fsp3) is 0.556. The first-order chi connectivity index (χ1) is 6.64. The number of hydrogen-bond donors (Lipinski definition) is 1. The van der Waals surface area contributed by atoms with E-state index in [2.05, 4.69) is 9.88 Å². The lowest BCUT2D eigenvalue weighted by Crippen LogP contribution is -2.51. The van der Waals surface area contributed by atoms with Gasteiger partial charge in [0.25, 0.3) is 0 Å². The monoisotopic (exact) mass is 211 g/mol. The van der Waals surface area contributed by atoms with E-state index in [1.54, 1.807) is 23.0 Å². The maximum Gasteiger partial charge on any atom is 0.243 e. The predicted octanol–water partition coefficient (Wildman–Crippen LogP) is 0.987. The van der Waals surface area contributed by atoms with Gasteiger partial charge in [0.1, 0.15) is 10.5 Å². The number of nitrogens with two attached hydrogens (primary N) is 1. The molecule has 1 aromatic rings. The summed E-state index contributed by atoms with van der Waals surface area (Å²) in [6.07, 6.45) is 3.63. The summed E-state index contributed by atoms with van der Waals surface area (Å²) in [6, 6.07) is 0. The van der Waals surface area contributed by atoms with Crippen molar-refractivity contribution in [3.63, 3.8) is 0 Å². The van der Waals surface area contributed by atoms with E-state index < -0.39 is 5.54 Å². The largest absolute Gasteiger partial charge is 0.368 e. The van der Waals surface area contributed by atoms with E-state index in [1.807, 2.05) is 6.92 Å². The average Bonchev–Trinajstić information content (AvgIpc) is 2.72. The molecule has 2 rings (SSSR count). The van der Waals surface area contributed by atoms with Crippen molar-refractivity contribution in [2.45, 2.75) is 25.3 Å². The van der Waals surface area contributed by atoms with Gasteiger partial charge >= 0.3 is 0 Å². The minimum atomic E-state index is -0.521. The molecule has 76 valence electrons. The van der Waals surface area contributed by atoms with Crippen molar-refractivity contribution in [3.05, 3.63) is 11.7 Å². The summed E-state index contributed by atoms with van der Waals surface area (Å²) >= 11 is 1.55. The molecule has 1 fully saturated rings. The summed E-state index contributed by atoms with van der Waals surface area (Å²) in [7, 11) is 0. The Labute approximate surface area is 86.7 Å². The summed E-state index contributed by atoms with van der Waals surface area (Å²) in [5.41, 5.74) is 6.68. The van der Waals surface area contributed by atoms with Crippen LogP contribution < -0.4 is 10.6 Å². The average molecular weight is 211 g/mol. The van der Waals surface area contributed by atoms with Crippen LogP contribution in [0.25, 0.3) is 0 Å². The number of anilines is 1. The quantitative estimate of drug-likeness (QED) is 0.793. The standard InChI is InChI=1S/C9H13N3OS/c1-9(8(10)13)3-2-4-12(9)7-5-11-6-14-7/h5-6H,2-4H2,1H3,(H2,10,13)/t9-/m0/s1. The van der Waals surface area contributed by atoms with E-state index >= 15 is 0 Å². The molecule has 2 heterocycles. The van der Waals surface area contributed by atoms with E-state index in [0.29, 0.717) is 0 Å². The van der Waals surface area contributed by atoms with Crippen molar-refractivity contribution < 1.29 is 4.79 Å². The first-order valence-corrected chi connectivity index (χ1v) is 5.48. The topological polar surface area (TPSA) is 59.2 Å². The highest BCUT2D eigenvalue weighted by Crippen LogP contribution is 2.35. The highest BCUT2D eigenvalue weighted by atomic mass is 32.1. The molecule has 0 aromatic carbocycles. The molecule has 1 amide bonds. The molecule has 1 aliphatic rings. The van der Waals surface area contributed by atoms with Crippen LogP contribution in [0.3, 0.4) is 0 Å². The first-order valence-electron chi connectivity index (χ1n) is 4.60. The summed E-state index contributed by atoms with van der Waals surface area (Å²) in [5.74, 6) is -0.247. The molecule has 4 nitrogen and oxygen atoms in total. The number of carbonyl (C=O) groups excluding carboxylic acids is 1. The highest BCUT2D eigenvalue weighted by molar-refractivity contribution is 7.13. The smallest absolute Gasteiger partial charge is 0.243 e. The molecular weight excluding hydrogens is 198 g/mol. The van der Waals surface area contributed by atoms with Crippen LogP contribution in [-0.4, -0.2) is 23.0 Å². The van der Waals surface area contributed by atoms with Gasteiger partial charge in [-0.15, -0.1) is 11.3 Å². The summed E-state index contributed by atoms with van der Waals surface area (Å²) < 4.78 is 0. The molecule has 1 aromatic heterocycles. The molecule has 2 N–H and O–H groups in total. The van der Waals surface area contributed by atoms with E-state index in [0.717, 1.165) is 24.4 Å². The van der Waals surface area contributed by atoms with Gasteiger partial charge in [0, 0.05) is 6.54 Å². The Balaban J connectivity index is 2.32. The van der Waals surface area contributed by atoms with Gasteiger partial charge in [-0.2, -0.15) is 0 Å². The number of amides is 1. The molecule has 0 spiro atoms. The first kappa shape index (κ1) is 9.45. The van der Waals surface area contributed by atoms with Crippen LogP contribution >= 0.6 is 11.3 Å². The lowest BCUT2D eigenvalue weighted by atomic mass is 9.98. The van der Waals surface area contributed by atoms with E-state index in [9.17, 15) is 4.79 Å². The second-order valence-corrected chi connectivity index (χ2v) is 4.60. The molecule has 5 heteroatoms. The van der Waals surface area contributed by atoms with Crippen molar-refractivity contribution in [2.75, 3.05) is 11.4 Å². The van der Waals surface area contributed by atoms with Gasteiger partial charge in [-0.05, 0) is 19.8 Å². The Hall–Kier alpha value is -1.10. The number of carbonyl (C=O) groups is 1. The maximum atomic E-state index is 11.4. The number of aromatic nitrogens is 1. The lowest BCUT2D eigenvalue weighted by Gasteiger charge is -2.32. The minimum absolute atomic E-state index is 0.247. The Morgan fingerprint density at radius 1 is 1.79 bits per heavy atom. The van der Waals surface area contributed by atoms with Crippen molar-refractivity contribution in [3.8, 4) is 0 Å². The van der Waals surface area contributed by atoms with Crippen LogP contribution in [0.2, 0.25) is 0 Å². The number of nitrogens with zero attached hydrogens (tertiary/aromatic N) is 2. The second kappa shape index (κ2) is 3.24. The van der Waals surface area contributed by atoms with Crippen LogP contribution in [0.15, 0.2) is 11.7 Å². The Morgan fingerprint density at radius 3 is 3.14 bits per heavy atom. The predicted molar refractivity (Wildman–Crippen MR) is 56.3 cm³/mol. The number of rotatable bonds is 2. The third kappa shape index (κ3) is 1.28. The molecule has 1 aliphatic heterocycles. The van der Waals surface area contributed by atoms with E-state index in [1.165, 1.54) is 0 Å². The zero-order valence-corrected chi connectivity index (χ0v) is 8.88. The number of primary amides is 1. The van der Waals surface area contributed by atoms with E-state index in [-0.39, 0.29) is 5.91 Å². The molecule has 0 aliphatic carbocycles. The van der Waals surface area contributed by atoms with Crippen molar-refractivity contribution in [2.24, 2.45) is 5.73 Å². The summed E-state index contributed by atoms with van der Waals surface area (Å²) in [4.78, 5) is 17.5. The molecule has 0 saturated carbocycles. The SMILES string of the molecule is C[C@@]1(C(N)=O)CCCN1c1cncs1. The third-order valence-corrected chi connectivity index (χ3v) is 3.65. The third-order valence-electron chi connectivity index (χ3n) is 2.86. The summed E-state index contributed by atoms with van der Waals surface area (Å²) in [6.45, 7) is 2.80. The van der Waals surface area contributed by atoms with Gasteiger partial charge < -0.3 is 10.6 Å². The van der Waals surface area contributed by atoms with Crippen molar-refractivity contribution in [1.82, 2.24) is 4.98 Å². The van der Waals surface area contributed by atoms with Gasteiger partial charge in [-0.3, -0.25) is 9.78 Å². The molecule has 14 heavy (non-hydrogen) atoms. The summed E-state index contributed by atoms with van der Waals surface area (Å²) in [5, 5.41) is 1.03. The normalized spacial score (nSPS) is 26.8. The zero-order valence-electron chi connectivity index (χ0n) is 8.06. The molecule has 0 unspecified atom stereocenters. The van der Waals surface area contributed by atoms with Gasteiger partial charge in [0.2, 0.25) is 5.91 Å². The Bertz CT molecular complexity index is 338. The van der Waals surface area contributed by atoms with Crippen LogP contribution in [0.4, 0.5) is 5.00 Å². The van der Waals surface area contributed by atoms with Gasteiger partial charge in [0.15, 0.2) is 0 Å². The molecular formula is C9H13N3OS. The fourth-order valence-electron chi connectivity index (χ4n) is 1.92. The van der Waals surface area contributed by atoms with Crippen LogP contribution in [0, 0.1) is 0 Å². The Morgan fingerprint density at radius 2 is 2.57 bits per heavy atom. The number of hydrogen-bond acceptors (Lipinski definition) is 4. The highest BCUT2D eigenvalue weighted by Gasteiger charge is 2.42. The molecule has 0 radical (unpaired) electrons. The van der Waals surface area contributed by atoms with Crippen LogP contribution in [0.5, 0.6) is 0 Å². The number of thiazole rings is 1. The second-order valence-electron chi connectivity index (χ2n) is 3.73. The minimum Gasteiger partial charge on any atom is -0.368 e. The van der Waals surface area contributed by atoms with Crippen molar-refractivity contribution in [1.29, 1.82) is 0 Å². The fourth-order valence-corrected chi connectivity index (χ4v) is 2.69. The molecule has 1 saturated heterocycles. The maximum absolute atomic E-state index is 11.4. The van der Waals surface area contributed by atoms with Crippen molar-refractivity contribution >= 4 is 22.2 Å². The molecule has 1 atom stereocenters. The molecule has 0 bridgehead atoms. The van der Waals surface area contributed by atoms with Gasteiger partial charge in [0.05, 0.1) is 11.7 Å².